The van der Waals surface area contributed by atoms with Gasteiger partial charge in [0.15, 0.2) is 0 Å². The third-order valence-corrected chi connectivity index (χ3v) is 10.8. The van der Waals surface area contributed by atoms with E-state index >= 15 is 0 Å². The van der Waals surface area contributed by atoms with Gasteiger partial charge in [0.1, 0.15) is 0 Å². The molecule has 2 aromatic carbocycles. The molecule has 0 bridgehead atoms. The number of amides is 1. The number of carbonyl (C=O) groups excluding carboxylic acids is 1. The molecule has 0 saturated carbocycles. The first-order valence-electron chi connectivity index (χ1n) is 10.5. The normalized spacial score (nSPS) is 13.8. The average molecular weight is 607 g/mol. The van der Waals surface area contributed by atoms with Crippen molar-refractivity contribution in [2.24, 2.45) is 0 Å². The number of pyridine rings is 2. The number of benzene rings is 2. The van der Waals surface area contributed by atoms with Gasteiger partial charge in [-0.3, -0.25) is 0 Å². The van der Waals surface area contributed by atoms with Crippen molar-refractivity contribution in [3.63, 3.8) is 0 Å². The van der Waals surface area contributed by atoms with E-state index in [2.05, 4.69) is 19.6 Å². The second-order valence-electron chi connectivity index (χ2n) is 7.88. The van der Waals surface area contributed by atoms with E-state index in [9.17, 15) is 4.79 Å². The molecule has 34 heavy (non-hydrogen) atoms. The molecule has 0 atom stereocenters. The number of hydrogen-bond acceptors (Lipinski definition) is 5. The van der Waals surface area contributed by atoms with Crippen molar-refractivity contribution in [3.8, 4) is 16.9 Å². The molecule has 0 spiro atoms. The summed E-state index contributed by atoms with van der Waals surface area (Å²) in [6.45, 7) is 0.617. The third kappa shape index (κ3) is 4.39. The molecule has 3 heterocycles. The Kier molecular flexibility index (Phi) is 6.50. The van der Waals surface area contributed by atoms with Crippen molar-refractivity contribution in [2.75, 3.05) is 30.0 Å². The van der Waals surface area contributed by atoms with E-state index in [4.69, 9.17) is 27.9 Å². The van der Waals surface area contributed by atoms with Gasteiger partial charge < -0.3 is 0 Å². The van der Waals surface area contributed by atoms with Crippen LogP contribution in [0.1, 0.15) is 10.4 Å². The molecule has 174 valence electrons. The van der Waals surface area contributed by atoms with Crippen LogP contribution in [-0.4, -0.2) is 41.0 Å². The molecule has 5 rings (SSSR count). The van der Waals surface area contributed by atoms with Crippen LogP contribution in [0, 0.1) is 3.57 Å². The molecule has 0 aliphatic carbocycles. The summed E-state index contributed by atoms with van der Waals surface area (Å²) >= 11 is 10.5. The number of hydrogen-bond donors (Lipinski definition) is 1. The zero-order valence-corrected chi connectivity index (χ0v) is 22.1. The molecular formula is C25H21Cl2IN4O2. The first-order valence-corrected chi connectivity index (χ1v) is 15.0. The first kappa shape index (κ1) is 23.1. The zero-order valence-electron chi connectivity index (χ0n) is 18.5. The Morgan fingerprint density at radius 2 is 1.82 bits per heavy atom. The average Bonchev–Trinajstić information content (AvgIpc) is 2.82. The molecule has 4 aromatic rings. The van der Waals surface area contributed by atoms with Crippen molar-refractivity contribution in [2.45, 2.75) is 0 Å². The molecule has 1 N–H and O–H groups in total. The van der Waals surface area contributed by atoms with Gasteiger partial charge in [-0.25, -0.2) is 0 Å². The van der Waals surface area contributed by atoms with Crippen molar-refractivity contribution in [1.82, 2.24) is 13.5 Å². The maximum atomic E-state index is 13.5. The molecule has 2 aromatic heterocycles. The number of fused-ring (bicyclic) bond motifs is 2. The van der Waals surface area contributed by atoms with Gasteiger partial charge in [-0.15, -0.1) is 0 Å². The fourth-order valence-electron chi connectivity index (χ4n) is 3.97. The Morgan fingerprint density at radius 1 is 1.06 bits per heavy atom. The van der Waals surface area contributed by atoms with Crippen LogP contribution in [0.4, 0.5) is 5.69 Å². The van der Waals surface area contributed by atoms with Gasteiger partial charge in [-0.05, 0) is 0 Å². The monoisotopic (exact) mass is 606 g/mol. The van der Waals surface area contributed by atoms with Crippen LogP contribution in [0.3, 0.4) is 0 Å². The maximum absolute atomic E-state index is 13.5. The van der Waals surface area contributed by atoms with Crippen LogP contribution in [0.15, 0.2) is 60.9 Å². The SMILES string of the molecule is CN(C)c1c(C(=O)NI2CCOc3ccccc32)cnc2c(-c3cc(Cl)cc(Cl)c3)ccnc12. The van der Waals surface area contributed by atoms with Crippen LogP contribution >= 0.6 is 43.3 Å². The summed E-state index contributed by atoms with van der Waals surface area (Å²) in [6, 6.07) is 15.2. The summed E-state index contributed by atoms with van der Waals surface area (Å²) in [5.74, 6) is 0.730. The van der Waals surface area contributed by atoms with Gasteiger partial charge in [0, 0.05) is 0 Å². The van der Waals surface area contributed by atoms with Gasteiger partial charge in [0.25, 0.3) is 0 Å². The number of ether oxygens (including phenoxy) is 1. The Bertz CT molecular complexity index is 1390. The van der Waals surface area contributed by atoms with E-state index in [0.717, 1.165) is 30.6 Å². The summed E-state index contributed by atoms with van der Waals surface area (Å²) in [6.07, 6.45) is 3.35. The molecule has 0 saturated heterocycles. The molecule has 0 radical (unpaired) electrons. The van der Waals surface area contributed by atoms with E-state index in [-0.39, 0.29) is 5.91 Å². The third-order valence-electron chi connectivity index (χ3n) is 5.40. The van der Waals surface area contributed by atoms with Crippen LogP contribution in [-0.2, 0) is 0 Å². The van der Waals surface area contributed by atoms with Crippen LogP contribution in [0.2, 0.25) is 10.0 Å². The number of para-hydroxylation sites is 1. The molecule has 1 aliphatic heterocycles. The van der Waals surface area contributed by atoms with Crippen molar-refractivity contribution in [3.05, 3.63) is 80.1 Å². The van der Waals surface area contributed by atoms with Gasteiger partial charge in [-0.2, -0.15) is 0 Å². The van der Waals surface area contributed by atoms with E-state index in [1.54, 1.807) is 18.5 Å². The number of nitrogens with one attached hydrogen (secondary N) is 1. The topological polar surface area (TPSA) is 67.4 Å². The number of rotatable bonds is 4. The predicted octanol–water partition coefficient (Wildman–Crippen LogP) is 6.08. The van der Waals surface area contributed by atoms with E-state index in [1.165, 1.54) is 0 Å². The first-order chi connectivity index (χ1) is 16.4. The Hall–Kier alpha value is -2.62. The molecule has 9 heteroatoms. The second kappa shape index (κ2) is 9.56. The Morgan fingerprint density at radius 3 is 2.59 bits per heavy atom. The summed E-state index contributed by atoms with van der Waals surface area (Å²) in [4.78, 5) is 24.7. The predicted molar refractivity (Wildman–Crippen MR) is 146 cm³/mol. The number of carbonyl (C=O) groups is 1. The van der Waals surface area contributed by atoms with E-state index < -0.39 is 20.1 Å². The second-order valence-corrected chi connectivity index (χ2v) is 13.6. The van der Waals surface area contributed by atoms with E-state index in [1.807, 2.05) is 55.4 Å². The minimum absolute atomic E-state index is 0.141. The summed E-state index contributed by atoms with van der Waals surface area (Å²) in [7, 11) is 3.80. The fraction of sp³-hybridized carbons (Fsp3) is 0.160. The van der Waals surface area contributed by atoms with Crippen LogP contribution in [0.5, 0.6) is 5.75 Å². The van der Waals surface area contributed by atoms with Crippen LogP contribution in [0.25, 0.3) is 22.2 Å². The summed E-state index contributed by atoms with van der Waals surface area (Å²) in [5.41, 5.74) is 4.21. The quantitative estimate of drug-likeness (QED) is 0.173. The standard InChI is InChI=1S/C25H21Cl2IN4O2/c1-32(2)24-19(25(33)31-28-8-10-34-21-6-4-3-5-20(21)28)14-30-22-18(7-9-29-23(22)24)15-11-16(26)13-17(27)12-15/h3-7,9,11-14H,8,10H2,1-2H3,(H,31,33). The van der Waals surface area contributed by atoms with Crippen molar-refractivity contribution >= 4 is 65.9 Å². The number of alkyl halides is 1. The molecule has 1 aliphatic rings. The number of nitrogens with zero attached hydrogens (tertiary/aromatic N) is 3. The van der Waals surface area contributed by atoms with Gasteiger partial charge in [0.05, 0.1) is 0 Å². The summed E-state index contributed by atoms with van der Waals surface area (Å²) in [5, 5.41) is 1.08. The fourth-order valence-corrected chi connectivity index (χ4v) is 8.80. The Balaban J connectivity index is 1.58. The van der Waals surface area contributed by atoms with Crippen LogP contribution < -0.4 is 13.2 Å². The van der Waals surface area contributed by atoms with Crippen molar-refractivity contribution in [1.29, 1.82) is 0 Å². The minimum atomic E-state index is -1.96. The number of aromatic nitrogens is 2. The molecular weight excluding hydrogens is 586 g/mol. The summed E-state index contributed by atoms with van der Waals surface area (Å²) < 4.78 is 11.1. The molecule has 6 nitrogen and oxygen atoms in total. The molecule has 0 fully saturated rings. The van der Waals surface area contributed by atoms with Gasteiger partial charge >= 0.3 is 216 Å². The van der Waals surface area contributed by atoms with Gasteiger partial charge in [0.2, 0.25) is 0 Å². The number of halogens is 3. The number of anilines is 1. The molecule has 0 unspecified atom stereocenters. The zero-order chi connectivity index (χ0) is 23.8. The molecule has 1 amide bonds. The van der Waals surface area contributed by atoms with E-state index in [0.29, 0.717) is 33.2 Å². The Labute approximate surface area is 215 Å². The van der Waals surface area contributed by atoms with Crippen molar-refractivity contribution < 1.29 is 9.53 Å². The van der Waals surface area contributed by atoms with Gasteiger partial charge in [-0.1, -0.05) is 0 Å².